The van der Waals surface area contributed by atoms with E-state index in [1.165, 1.54) is 5.19 Å². The van der Waals surface area contributed by atoms with Gasteiger partial charge in [-0.1, -0.05) is 26.0 Å². The van der Waals surface area contributed by atoms with Crippen molar-refractivity contribution in [3.8, 4) is 5.75 Å². The maximum Gasteiger partial charge on any atom is 0.282 e. The molecule has 0 spiro atoms. The fraction of sp³-hybridized carbons (Fsp3) is 0.250. The van der Waals surface area contributed by atoms with Crippen LogP contribution in [0.4, 0.5) is 11.4 Å². The van der Waals surface area contributed by atoms with Gasteiger partial charge in [0.1, 0.15) is 5.75 Å². The summed E-state index contributed by atoms with van der Waals surface area (Å²) in [6, 6.07) is 17.8. The zero-order chi connectivity index (χ0) is 14.6. The third kappa shape index (κ3) is 2.96. The molecule has 2 aromatic carbocycles. The molecule has 0 aliphatic rings. The molecule has 0 heterocycles. The Bertz CT molecular complexity index is 548. The molecule has 2 aromatic rings. The van der Waals surface area contributed by atoms with Crippen molar-refractivity contribution in [2.45, 2.75) is 25.9 Å². The molecular formula is C16H22N2OSi. The number of benzene rings is 2. The summed E-state index contributed by atoms with van der Waals surface area (Å²) in [5.41, 5.74) is 13.1. The second kappa shape index (κ2) is 6.01. The molecule has 0 bridgehead atoms. The maximum atomic E-state index is 6.42. The van der Waals surface area contributed by atoms with Crippen molar-refractivity contribution < 1.29 is 4.43 Å². The molecule has 0 saturated carbocycles. The molecule has 4 heteroatoms. The van der Waals surface area contributed by atoms with Gasteiger partial charge in [0, 0.05) is 11.4 Å². The molecule has 0 radical (unpaired) electrons. The van der Waals surface area contributed by atoms with E-state index in [1.807, 2.05) is 36.4 Å². The topological polar surface area (TPSA) is 61.3 Å². The smallest absolute Gasteiger partial charge is 0.282 e. The summed E-state index contributed by atoms with van der Waals surface area (Å²) in [4.78, 5) is 0. The van der Waals surface area contributed by atoms with Crippen LogP contribution in [-0.2, 0) is 0 Å². The van der Waals surface area contributed by atoms with Crippen molar-refractivity contribution in [1.82, 2.24) is 0 Å². The number of hydrogen-bond acceptors (Lipinski definition) is 3. The summed E-state index contributed by atoms with van der Waals surface area (Å²) in [6.07, 6.45) is 0. The number of anilines is 2. The van der Waals surface area contributed by atoms with Gasteiger partial charge >= 0.3 is 0 Å². The van der Waals surface area contributed by atoms with E-state index in [0.29, 0.717) is 0 Å². The zero-order valence-electron chi connectivity index (χ0n) is 12.1. The first-order chi connectivity index (χ1) is 9.59. The molecule has 0 amide bonds. The minimum Gasteiger partial charge on any atom is -0.539 e. The van der Waals surface area contributed by atoms with E-state index in [1.54, 1.807) is 0 Å². The van der Waals surface area contributed by atoms with Gasteiger partial charge in [-0.05, 0) is 53.7 Å². The molecule has 3 nitrogen and oxygen atoms in total. The SMILES string of the molecule is CC[Si](CC)(Oc1ccc(N)cc1)c1ccc(N)cc1. The third-order valence-corrected chi connectivity index (χ3v) is 8.07. The van der Waals surface area contributed by atoms with Crippen molar-refractivity contribution in [3.63, 3.8) is 0 Å². The van der Waals surface area contributed by atoms with E-state index in [0.717, 1.165) is 29.2 Å². The Labute approximate surface area is 121 Å². The Kier molecular flexibility index (Phi) is 4.34. The lowest BCUT2D eigenvalue weighted by Crippen LogP contribution is -2.52. The van der Waals surface area contributed by atoms with Gasteiger partial charge in [0.05, 0.1) is 0 Å². The van der Waals surface area contributed by atoms with Gasteiger partial charge in [-0.3, -0.25) is 0 Å². The Balaban J connectivity index is 2.33. The average molecular weight is 286 g/mol. The van der Waals surface area contributed by atoms with Crippen LogP contribution in [0.3, 0.4) is 0 Å². The molecule has 0 aliphatic carbocycles. The molecule has 4 N–H and O–H groups in total. The number of nitrogens with two attached hydrogens (primary N) is 2. The first-order valence-corrected chi connectivity index (χ1v) is 9.32. The highest BCUT2D eigenvalue weighted by Gasteiger charge is 2.35. The fourth-order valence-electron chi connectivity index (χ4n) is 2.41. The molecule has 0 fully saturated rings. The fourth-order valence-corrected chi connectivity index (χ4v) is 5.49. The maximum absolute atomic E-state index is 6.42. The first-order valence-electron chi connectivity index (χ1n) is 7.00. The number of rotatable bonds is 5. The highest BCUT2D eigenvalue weighted by Crippen LogP contribution is 2.23. The van der Waals surface area contributed by atoms with Crippen LogP contribution >= 0.6 is 0 Å². The minimum atomic E-state index is -2.00. The van der Waals surface area contributed by atoms with E-state index < -0.39 is 8.32 Å². The van der Waals surface area contributed by atoms with Crippen LogP contribution in [0.5, 0.6) is 5.75 Å². The Morgan fingerprint density at radius 1 is 0.800 bits per heavy atom. The van der Waals surface area contributed by atoms with Crippen molar-refractivity contribution in [2.24, 2.45) is 0 Å². The van der Waals surface area contributed by atoms with Gasteiger partial charge in [-0.15, -0.1) is 0 Å². The van der Waals surface area contributed by atoms with Gasteiger partial charge in [0.15, 0.2) is 0 Å². The van der Waals surface area contributed by atoms with E-state index in [9.17, 15) is 0 Å². The molecule has 0 atom stereocenters. The second-order valence-corrected chi connectivity index (χ2v) is 9.18. The van der Waals surface area contributed by atoms with Crippen molar-refractivity contribution in [1.29, 1.82) is 0 Å². The van der Waals surface area contributed by atoms with Crippen LogP contribution in [-0.4, -0.2) is 8.32 Å². The van der Waals surface area contributed by atoms with Crippen LogP contribution in [0.15, 0.2) is 48.5 Å². The van der Waals surface area contributed by atoms with Crippen LogP contribution in [0.2, 0.25) is 12.1 Å². The van der Waals surface area contributed by atoms with Crippen molar-refractivity contribution in [3.05, 3.63) is 48.5 Å². The zero-order valence-corrected chi connectivity index (χ0v) is 13.1. The molecule has 0 unspecified atom stereocenters. The summed E-state index contributed by atoms with van der Waals surface area (Å²) in [6.45, 7) is 4.40. The van der Waals surface area contributed by atoms with Crippen molar-refractivity contribution in [2.75, 3.05) is 11.5 Å². The summed E-state index contributed by atoms with van der Waals surface area (Å²) in [5.74, 6) is 0.895. The Morgan fingerprint density at radius 3 is 1.70 bits per heavy atom. The second-order valence-electron chi connectivity index (χ2n) is 4.99. The third-order valence-electron chi connectivity index (χ3n) is 3.77. The summed E-state index contributed by atoms with van der Waals surface area (Å²) in [7, 11) is -2.00. The quantitative estimate of drug-likeness (QED) is 0.656. The van der Waals surface area contributed by atoms with Crippen LogP contribution < -0.4 is 21.1 Å². The van der Waals surface area contributed by atoms with E-state index in [4.69, 9.17) is 15.9 Å². The molecule has 2 rings (SSSR count). The molecular weight excluding hydrogens is 264 g/mol. The predicted molar refractivity (Wildman–Crippen MR) is 88.7 cm³/mol. The van der Waals surface area contributed by atoms with Crippen LogP contribution in [0.1, 0.15) is 13.8 Å². The highest BCUT2D eigenvalue weighted by atomic mass is 28.4. The van der Waals surface area contributed by atoms with Gasteiger partial charge in [0.25, 0.3) is 8.32 Å². The summed E-state index contributed by atoms with van der Waals surface area (Å²) >= 11 is 0. The van der Waals surface area contributed by atoms with Gasteiger partial charge in [-0.25, -0.2) is 0 Å². The molecule has 106 valence electrons. The molecule has 20 heavy (non-hydrogen) atoms. The number of hydrogen-bond donors (Lipinski definition) is 2. The van der Waals surface area contributed by atoms with Gasteiger partial charge in [0.2, 0.25) is 0 Å². The normalized spacial score (nSPS) is 11.3. The van der Waals surface area contributed by atoms with Gasteiger partial charge in [-0.2, -0.15) is 0 Å². The van der Waals surface area contributed by atoms with Gasteiger partial charge < -0.3 is 15.9 Å². The van der Waals surface area contributed by atoms with Crippen LogP contribution in [0, 0.1) is 0 Å². The lowest BCUT2D eigenvalue weighted by molar-refractivity contribution is 0.548. The average Bonchev–Trinajstić information content (AvgIpc) is 2.48. The standard InChI is InChI=1S/C16H22N2OSi/c1-3-20(4-2,16-11-7-14(18)8-12-16)19-15-9-5-13(17)6-10-15/h5-12H,3-4,17-18H2,1-2H3. The highest BCUT2D eigenvalue weighted by molar-refractivity contribution is 6.87. The predicted octanol–water partition coefficient (Wildman–Crippen LogP) is 3.12. The van der Waals surface area contributed by atoms with E-state index in [-0.39, 0.29) is 0 Å². The van der Waals surface area contributed by atoms with E-state index in [2.05, 4.69) is 26.0 Å². The molecule has 0 saturated heterocycles. The minimum absolute atomic E-state index is 0.755. The lowest BCUT2D eigenvalue weighted by atomic mass is 10.3. The van der Waals surface area contributed by atoms with Crippen molar-refractivity contribution >= 4 is 24.9 Å². The van der Waals surface area contributed by atoms with Crippen LogP contribution in [0.25, 0.3) is 0 Å². The van der Waals surface area contributed by atoms with E-state index >= 15 is 0 Å². The molecule has 0 aliphatic heterocycles. The number of nitrogen functional groups attached to an aromatic ring is 2. The first kappa shape index (κ1) is 14.5. The summed E-state index contributed by atoms with van der Waals surface area (Å²) in [5, 5.41) is 1.29. The Morgan fingerprint density at radius 2 is 1.25 bits per heavy atom. The monoisotopic (exact) mass is 286 g/mol. The summed E-state index contributed by atoms with van der Waals surface area (Å²) < 4.78 is 6.42. The lowest BCUT2D eigenvalue weighted by Gasteiger charge is -2.30. The Hall–Kier alpha value is -1.94. The molecule has 0 aromatic heterocycles. The largest absolute Gasteiger partial charge is 0.539 e.